The smallest absolute Gasteiger partial charge is 0.432 e. The van der Waals surface area contributed by atoms with Gasteiger partial charge in [-0.1, -0.05) is 110 Å². The van der Waals surface area contributed by atoms with Crippen LogP contribution in [0, 0.1) is 0 Å². The zero-order valence-corrected chi connectivity index (χ0v) is 19.5. The summed E-state index contributed by atoms with van der Waals surface area (Å²) in [7, 11) is 8.13. The highest BCUT2D eigenvalue weighted by Gasteiger charge is 2.12. The number of rotatable bonds is 18. The summed E-state index contributed by atoms with van der Waals surface area (Å²) in [6, 6.07) is 0.950. The first kappa shape index (κ1) is 26.3. The molecule has 3 nitrogen and oxygen atoms in total. The van der Waals surface area contributed by atoms with Gasteiger partial charge in [-0.2, -0.15) is 0 Å². The topological polar surface area (TPSA) is 15.5 Å². The molecule has 0 fully saturated rings. The van der Waals surface area contributed by atoms with Crippen LogP contribution in [0.1, 0.15) is 116 Å². The van der Waals surface area contributed by atoms with Gasteiger partial charge in [-0.15, -0.1) is 0 Å². The highest BCUT2D eigenvalue weighted by molar-refractivity contribution is 5.67. The second-order valence-corrected chi connectivity index (χ2v) is 8.58. The van der Waals surface area contributed by atoms with Gasteiger partial charge in [-0.3, -0.25) is 0 Å². The van der Waals surface area contributed by atoms with Gasteiger partial charge in [0, 0.05) is 0 Å². The van der Waals surface area contributed by atoms with Crippen LogP contribution >= 0.6 is 0 Å². The van der Waals surface area contributed by atoms with Crippen molar-refractivity contribution in [2.75, 3.05) is 34.8 Å². The molecule has 0 aliphatic carbocycles. The third-order valence-corrected chi connectivity index (χ3v) is 5.24. The van der Waals surface area contributed by atoms with Crippen LogP contribution in [0.4, 0.5) is 0 Å². The fourth-order valence-corrected chi connectivity index (χ4v) is 3.65. The Kier molecular flexibility index (Phi) is 19.5. The third-order valence-electron chi connectivity index (χ3n) is 5.24. The van der Waals surface area contributed by atoms with Crippen molar-refractivity contribution in [1.82, 2.24) is 4.90 Å². The summed E-state index contributed by atoms with van der Waals surface area (Å²) >= 11 is 0. The molecule has 0 spiro atoms. The minimum Gasteiger partial charge on any atom is -0.432 e. The molecule has 0 aromatic heterocycles. The average Bonchev–Trinajstić information content (AvgIpc) is 2.63. The van der Waals surface area contributed by atoms with Crippen LogP contribution in [0.25, 0.3) is 0 Å². The Morgan fingerprint density at radius 1 is 0.593 bits per heavy atom. The molecule has 0 radical (unpaired) electrons. The quantitative estimate of drug-likeness (QED) is 0.111. The van der Waals surface area contributed by atoms with E-state index in [4.69, 9.17) is 4.74 Å². The highest BCUT2D eigenvalue weighted by Crippen LogP contribution is 2.14. The molecule has 27 heavy (non-hydrogen) atoms. The molecule has 0 unspecified atom stereocenters. The molecule has 0 N–H and O–H groups in total. The molecular weight excluding hydrogens is 332 g/mol. The molecular formula is C24H51N2O+. The summed E-state index contributed by atoms with van der Waals surface area (Å²) in [6.45, 7) is 3.13. The number of unbranched alkanes of at least 4 members (excludes halogenated alkanes) is 16. The van der Waals surface area contributed by atoms with E-state index in [1.165, 1.54) is 109 Å². The van der Waals surface area contributed by atoms with Gasteiger partial charge in [-0.25, -0.2) is 9.48 Å². The molecule has 0 saturated carbocycles. The molecule has 0 atom stereocenters. The summed E-state index contributed by atoms with van der Waals surface area (Å²) in [5, 5.41) is 0. The van der Waals surface area contributed by atoms with Crippen molar-refractivity contribution in [3.8, 4) is 0 Å². The summed E-state index contributed by atoms with van der Waals surface area (Å²) < 4.78 is 7.89. The fourth-order valence-electron chi connectivity index (χ4n) is 3.65. The molecule has 0 aromatic carbocycles. The normalized spacial score (nSPS) is 10.9. The van der Waals surface area contributed by atoms with E-state index in [0.717, 1.165) is 12.6 Å². The van der Waals surface area contributed by atoms with Crippen LogP contribution in [0.15, 0.2) is 0 Å². The van der Waals surface area contributed by atoms with Crippen molar-refractivity contribution in [3.05, 3.63) is 0 Å². The van der Waals surface area contributed by atoms with E-state index in [-0.39, 0.29) is 0 Å². The largest absolute Gasteiger partial charge is 0.445 e. The van der Waals surface area contributed by atoms with Crippen LogP contribution in [0.3, 0.4) is 0 Å². The van der Waals surface area contributed by atoms with E-state index in [1.807, 2.05) is 37.7 Å². The zero-order chi connectivity index (χ0) is 20.2. The third kappa shape index (κ3) is 18.4. The Bertz CT molecular complexity index is 335. The van der Waals surface area contributed by atoms with Crippen molar-refractivity contribution < 1.29 is 9.31 Å². The van der Waals surface area contributed by atoms with Gasteiger partial charge in [0.2, 0.25) is 0 Å². The van der Waals surface area contributed by atoms with Crippen molar-refractivity contribution in [3.63, 3.8) is 0 Å². The van der Waals surface area contributed by atoms with Crippen LogP contribution < -0.4 is 0 Å². The molecule has 162 valence electrons. The van der Waals surface area contributed by atoms with Crippen molar-refractivity contribution in [1.29, 1.82) is 0 Å². The maximum absolute atomic E-state index is 5.86. The van der Waals surface area contributed by atoms with E-state index in [1.54, 1.807) is 0 Å². The number of amidine groups is 1. The zero-order valence-electron chi connectivity index (χ0n) is 19.5. The van der Waals surface area contributed by atoms with E-state index >= 15 is 0 Å². The Balaban J connectivity index is 3.20. The molecule has 3 heteroatoms. The molecule has 0 bridgehead atoms. The summed E-state index contributed by atoms with van der Waals surface area (Å²) in [5.74, 6) is 0. The molecule has 0 aliphatic heterocycles. The maximum Gasteiger partial charge on any atom is 0.445 e. The van der Waals surface area contributed by atoms with Crippen molar-refractivity contribution in [2.45, 2.75) is 116 Å². The van der Waals surface area contributed by atoms with Gasteiger partial charge < -0.3 is 4.74 Å². The van der Waals surface area contributed by atoms with Crippen molar-refractivity contribution >= 4 is 6.02 Å². The molecule has 0 rings (SSSR count). The Morgan fingerprint density at radius 2 is 0.926 bits per heavy atom. The lowest BCUT2D eigenvalue weighted by Crippen LogP contribution is -2.32. The fraction of sp³-hybridized carbons (Fsp3) is 0.958. The molecule has 0 aliphatic rings. The van der Waals surface area contributed by atoms with Crippen molar-refractivity contribution in [2.24, 2.45) is 0 Å². The Labute approximate surface area is 171 Å². The second kappa shape index (κ2) is 20.0. The minimum atomic E-state index is 0.838. The molecule has 0 aromatic rings. The van der Waals surface area contributed by atoms with Gasteiger partial charge in [0.25, 0.3) is 0 Å². The van der Waals surface area contributed by atoms with Gasteiger partial charge in [0.05, 0.1) is 34.8 Å². The van der Waals surface area contributed by atoms with Crippen LogP contribution in [0.2, 0.25) is 0 Å². The summed E-state index contributed by atoms with van der Waals surface area (Å²) in [4.78, 5) is 2.04. The van der Waals surface area contributed by atoms with Gasteiger partial charge >= 0.3 is 6.02 Å². The minimum absolute atomic E-state index is 0.838. The Hall–Kier alpha value is -0.730. The lowest BCUT2D eigenvalue weighted by atomic mass is 10.0. The molecule has 0 saturated heterocycles. The molecule has 0 amide bonds. The monoisotopic (exact) mass is 383 g/mol. The first-order chi connectivity index (χ1) is 13.1. The average molecular weight is 384 g/mol. The lowest BCUT2D eigenvalue weighted by Gasteiger charge is -2.11. The van der Waals surface area contributed by atoms with Crippen LogP contribution in [-0.4, -0.2) is 50.3 Å². The number of nitrogens with zero attached hydrogens (tertiary/aromatic N) is 2. The van der Waals surface area contributed by atoms with E-state index in [9.17, 15) is 0 Å². The first-order valence-corrected chi connectivity index (χ1v) is 11.9. The SMILES string of the molecule is CCCCCCCCCCCCCCCCCCCOC(N(C)C)=[N+](C)C. The maximum atomic E-state index is 5.86. The lowest BCUT2D eigenvalue weighted by molar-refractivity contribution is -0.480. The standard InChI is InChI=1S/C24H51N2O/c1-6-7-8-9-10-11-12-13-14-15-16-17-18-19-20-21-22-23-27-24(25(2)3)26(4)5/h6-23H2,1-5H3/q+1. The van der Waals surface area contributed by atoms with Gasteiger partial charge in [0.15, 0.2) is 0 Å². The highest BCUT2D eigenvalue weighted by atomic mass is 16.5. The van der Waals surface area contributed by atoms with E-state index in [0.29, 0.717) is 0 Å². The predicted molar refractivity (Wildman–Crippen MR) is 121 cm³/mol. The predicted octanol–water partition coefficient (Wildman–Crippen LogP) is 6.84. The Morgan fingerprint density at radius 3 is 1.22 bits per heavy atom. The van der Waals surface area contributed by atoms with Crippen LogP contribution in [-0.2, 0) is 4.74 Å². The number of ether oxygens (including phenoxy) is 1. The summed E-state index contributed by atoms with van der Waals surface area (Å²) in [5.41, 5.74) is 0. The summed E-state index contributed by atoms with van der Waals surface area (Å²) in [6.07, 6.45) is 24.0. The number of hydrogen-bond acceptors (Lipinski definition) is 1. The second-order valence-electron chi connectivity index (χ2n) is 8.58. The molecule has 0 heterocycles. The van der Waals surface area contributed by atoms with E-state index < -0.39 is 0 Å². The number of hydrogen-bond donors (Lipinski definition) is 0. The van der Waals surface area contributed by atoms with Gasteiger partial charge in [-0.05, 0) is 6.42 Å². The van der Waals surface area contributed by atoms with Crippen LogP contribution in [0.5, 0.6) is 0 Å². The first-order valence-electron chi connectivity index (χ1n) is 11.9. The van der Waals surface area contributed by atoms with E-state index in [2.05, 4.69) is 6.92 Å². The van der Waals surface area contributed by atoms with Gasteiger partial charge in [0.1, 0.15) is 0 Å².